The van der Waals surface area contributed by atoms with Crippen LogP contribution in [0.1, 0.15) is 31.2 Å². The van der Waals surface area contributed by atoms with Gasteiger partial charge in [0.05, 0.1) is 11.0 Å². The molecule has 0 N–H and O–H groups in total. The summed E-state index contributed by atoms with van der Waals surface area (Å²) in [7, 11) is 0. The van der Waals surface area contributed by atoms with Crippen molar-refractivity contribution in [3.05, 3.63) is 29.8 Å². The van der Waals surface area contributed by atoms with Crippen LogP contribution in [0.3, 0.4) is 0 Å². The topological polar surface area (TPSA) is 26.3 Å². The van der Waals surface area contributed by atoms with Gasteiger partial charge in [-0.15, -0.1) is 0 Å². The zero-order chi connectivity index (χ0) is 11.8. The van der Waals surface area contributed by atoms with E-state index in [2.05, 4.69) is 0 Å². The van der Waals surface area contributed by atoms with E-state index in [1.807, 2.05) is 31.2 Å². The molecule has 3 aliphatic carbocycles. The molecular formula is C14H18O2S. The van der Waals surface area contributed by atoms with Crippen LogP contribution in [-0.2, 0) is 15.3 Å². The van der Waals surface area contributed by atoms with E-state index < -0.39 is 11.1 Å². The fourth-order valence-corrected chi connectivity index (χ4v) is 3.85. The van der Waals surface area contributed by atoms with Crippen molar-refractivity contribution in [3.63, 3.8) is 0 Å². The first-order chi connectivity index (χ1) is 8.22. The summed E-state index contributed by atoms with van der Waals surface area (Å²) in [5.74, 6) is 1.61. The van der Waals surface area contributed by atoms with Crippen LogP contribution in [0.25, 0.3) is 0 Å². The second kappa shape index (κ2) is 4.54. The highest BCUT2D eigenvalue weighted by Gasteiger charge is 2.41. The first kappa shape index (κ1) is 11.4. The Morgan fingerprint density at radius 1 is 1.18 bits per heavy atom. The van der Waals surface area contributed by atoms with Crippen LogP contribution in [0.15, 0.2) is 29.2 Å². The monoisotopic (exact) mass is 250 g/mol. The quantitative estimate of drug-likeness (QED) is 0.823. The summed E-state index contributed by atoms with van der Waals surface area (Å²) >= 11 is -1.29. The molecule has 0 aliphatic heterocycles. The van der Waals surface area contributed by atoms with Crippen LogP contribution >= 0.6 is 0 Å². The second-order valence-electron chi connectivity index (χ2n) is 5.36. The highest BCUT2D eigenvalue weighted by molar-refractivity contribution is 7.80. The Labute approximate surface area is 105 Å². The molecule has 2 nitrogen and oxygen atoms in total. The third-order valence-electron chi connectivity index (χ3n) is 4.08. The molecule has 1 aromatic carbocycles. The van der Waals surface area contributed by atoms with E-state index in [9.17, 15) is 4.21 Å². The molecule has 0 radical (unpaired) electrons. The Kier molecular flexibility index (Phi) is 3.05. The van der Waals surface area contributed by atoms with Crippen molar-refractivity contribution >= 4 is 11.1 Å². The van der Waals surface area contributed by atoms with Crippen molar-refractivity contribution in [1.29, 1.82) is 0 Å². The highest BCUT2D eigenvalue weighted by Crippen LogP contribution is 2.47. The van der Waals surface area contributed by atoms with E-state index >= 15 is 0 Å². The minimum absolute atomic E-state index is 0.224. The Morgan fingerprint density at radius 3 is 2.47 bits per heavy atom. The number of aryl methyl sites for hydroxylation is 1. The molecule has 2 bridgehead atoms. The average Bonchev–Trinajstić information content (AvgIpc) is 2.29. The van der Waals surface area contributed by atoms with E-state index in [1.165, 1.54) is 24.8 Å². The maximum Gasteiger partial charge on any atom is 0.189 e. The van der Waals surface area contributed by atoms with Crippen molar-refractivity contribution in [3.8, 4) is 0 Å². The zero-order valence-corrected chi connectivity index (χ0v) is 10.9. The molecule has 4 rings (SSSR count). The lowest BCUT2D eigenvalue weighted by molar-refractivity contribution is -0.00487. The van der Waals surface area contributed by atoms with Crippen LogP contribution in [-0.4, -0.2) is 10.3 Å². The summed E-state index contributed by atoms with van der Waals surface area (Å²) in [5, 5.41) is 0. The molecule has 92 valence electrons. The lowest BCUT2D eigenvalue weighted by Crippen LogP contribution is -2.41. The lowest BCUT2D eigenvalue weighted by atomic mass is 9.64. The molecule has 0 amide bonds. The largest absolute Gasteiger partial charge is 0.283 e. The Balaban J connectivity index is 1.64. The first-order valence-corrected chi connectivity index (χ1v) is 7.45. The molecule has 2 atom stereocenters. The van der Waals surface area contributed by atoms with Crippen LogP contribution in [0.2, 0.25) is 0 Å². The summed E-state index contributed by atoms with van der Waals surface area (Å²) in [4.78, 5) is 0.789. The fourth-order valence-electron chi connectivity index (χ4n) is 2.91. The zero-order valence-electron chi connectivity index (χ0n) is 10.1. The fraction of sp³-hybridized carbons (Fsp3) is 0.571. The maximum absolute atomic E-state index is 12.1. The lowest BCUT2D eigenvalue weighted by Gasteiger charge is -2.45. The van der Waals surface area contributed by atoms with Gasteiger partial charge in [-0.3, -0.25) is 4.18 Å². The van der Waals surface area contributed by atoms with Crippen LogP contribution in [0.5, 0.6) is 0 Å². The van der Waals surface area contributed by atoms with Gasteiger partial charge in [0.2, 0.25) is 0 Å². The minimum atomic E-state index is -1.29. The molecule has 3 fully saturated rings. The summed E-state index contributed by atoms with van der Waals surface area (Å²) < 4.78 is 17.8. The Bertz CT molecular complexity index is 418. The average molecular weight is 250 g/mol. The predicted molar refractivity (Wildman–Crippen MR) is 67.9 cm³/mol. The van der Waals surface area contributed by atoms with E-state index in [0.29, 0.717) is 5.92 Å². The molecule has 17 heavy (non-hydrogen) atoms. The van der Waals surface area contributed by atoms with Crippen molar-refractivity contribution < 1.29 is 8.39 Å². The predicted octanol–water partition coefficient (Wildman–Crippen LogP) is 3.22. The molecule has 0 aromatic heterocycles. The van der Waals surface area contributed by atoms with E-state index in [4.69, 9.17) is 4.18 Å². The van der Waals surface area contributed by atoms with Crippen LogP contribution in [0.4, 0.5) is 0 Å². The molecule has 1 unspecified atom stereocenters. The van der Waals surface area contributed by atoms with Crippen LogP contribution < -0.4 is 0 Å². The van der Waals surface area contributed by atoms with E-state index in [1.54, 1.807) is 0 Å². The van der Waals surface area contributed by atoms with Crippen molar-refractivity contribution in [2.75, 3.05) is 0 Å². The molecule has 0 saturated heterocycles. The number of hydrogen-bond donors (Lipinski definition) is 0. The standard InChI is InChI=1S/C14H18O2S/c1-10-2-5-13(6-3-10)17(15)16-14-7-4-11-8-12(14)9-11/h2-3,5-6,11-12,14H,4,7-9H2,1H3/t11?,12?,14-,17?/m1/s1. The van der Waals surface area contributed by atoms with Gasteiger partial charge in [0.25, 0.3) is 0 Å². The summed E-state index contributed by atoms with van der Waals surface area (Å²) in [6, 6.07) is 7.77. The van der Waals surface area contributed by atoms with Gasteiger partial charge < -0.3 is 0 Å². The number of benzene rings is 1. The molecule has 0 spiro atoms. The number of rotatable bonds is 3. The third-order valence-corrected chi connectivity index (χ3v) is 5.16. The number of fused-ring (bicyclic) bond motifs is 2. The van der Waals surface area contributed by atoms with Crippen molar-refractivity contribution in [2.45, 2.75) is 43.6 Å². The molecule has 3 aliphatic rings. The SMILES string of the molecule is Cc1ccc(S(=O)O[C@@H]2CCC3CC2C3)cc1. The van der Waals surface area contributed by atoms with Gasteiger partial charge >= 0.3 is 0 Å². The Morgan fingerprint density at radius 2 is 1.88 bits per heavy atom. The van der Waals surface area contributed by atoms with Gasteiger partial charge in [0.1, 0.15) is 0 Å². The van der Waals surface area contributed by atoms with Gasteiger partial charge in [-0.1, -0.05) is 17.7 Å². The summed E-state index contributed by atoms with van der Waals surface area (Å²) in [5.41, 5.74) is 1.19. The molecule has 0 heterocycles. The van der Waals surface area contributed by atoms with E-state index in [-0.39, 0.29) is 6.10 Å². The molecule has 1 aromatic rings. The number of hydrogen-bond acceptors (Lipinski definition) is 2. The summed E-state index contributed by atoms with van der Waals surface area (Å²) in [6.07, 6.45) is 5.15. The van der Waals surface area contributed by atoms with Gasteiger partial charge in [-0.05, 0) is 56.6 Å². The van der Waals surface area contributed by atoms with Gasteiger partial charge in [-0.25, -0.2) is 4.21 Å². The highest BCUT2D eigenvalue weighted by atomic mass is 32.2. The summed E-state index contributed by atoms with van der Waals surface area (Å²) in [6.45, 7) is 2.03. The Hall–Kier alpha value is -0.670. The third kappa shape index (κ3) is 2.31. The van der Waals surface area contributed by atoms with Crippen molar-refractivity contribution in [1.82, 2.24) is 0 Å². The van der Waals surface area contributed by atoms with Crippen LogP contribution in [0, 0.1) is 18.8 Å². The van der Waals surface area contributed by atoms with Gasteiger partial charge in [0.15, 0.2) is 11.1 Å². The smallest absolute Gasteiger partial charge is 0.189 e. The molecule has 3 heteroatoms. The van der Waals surface area contributed by atoms with E-state index in [0.717, 1.165) is 17.2 Å². The minimum Gasteiger partial charge on any atom is -0.283 e. The first-order valence-electron chi connectivity index (χ1n) is 6.38. The normalized spacial score (nSPS) is 32.9. The van der Waals surface area contributed by atoms with Gasteiger partial charge in [0, 0.05) is 0 Å². The molecular weight excluding hydrogens is 232 g/mol. The second-order valence-corrected chi connectivity index (χ2v) is 6.49. The maximum atomic E-state index is 12.1. The molecule has 3 saturated carbocycles. The van der Waals surface area contributed by atoms with Gasteiger partial charge in [-0.2, -0.15) is 0 Å². The van der Waals surface area contributed by atoms with Crippen molar-refractivity contribution in [2.24, 2.45) is 11.8 Å².